The summed E-state index contributed by atoms with van der Waals surface area (Å²) in [4.78, 5) is 18.1. The van der Waals surface area contributed by atoms with Crippen LogP contribution in [0.25, 0.3) is 11.0 Å². The Morgan fingerprint density at radius 2 is 2.00 bits per heavy atom. The highest BCUT2D eigenvalue weighted by Crippen LogP contribution is 2.23. The summed E-state index contributed by atoms with van der Waals surface area (Å²) in [5.74, 6) is 0.0414. The van der Waals surface area contributed by atoms with Crippen molar-refractivity contribution in [1.82, 2.24) is 19.7 Å². The number of piperidine rings is 1. The fourth-order valence-electron chi connectivity index (χ4n) is 3.40. The normalized spacial score (nSPS) is 16.8. The van der Waals surface area contributed by atoms with E-state index in [0.717, 1.165) is 17.6 Å². The maximum absolute atomic E-state index is 12.4. The number of pyridine rings is 1. The molecule has 2 aromatic rings. The molecule has 0 N–H and O–H groups in total. The number of alkyl halides is 3. The van der Waals surface area contributed by atoms with Crippen LogP contribution in [0.15, 0.2) is 18.5 Å². The Balaban J connectivity index is 1.51. The molecule has 1 saturated heterocycles. The van der Waals surface area contributed by atoms with E-state index in [1.54, 1.807) is 12.3 Å². The first-order chi connectivity index (χ1) is 13.2. The molecule has 0 unspecified atom stereocenters. The number of ether oxygens (including phenoxy) is 1. The summed E-state index contributed by atoms with van der Waals surface area (Å²) in [6.07, 6.45) is 0.159. The van der Waals surface area contributed by atoms with Crippen LogP contribution in [0.3, 0.4) is 0 Å². The van der Waals surface area contributed by atoms with Crippen molar-refractivity contribution >= 4 is 17.0 Å². The van der Waals surface area contributed by atoms with Gasteiger partial charge in [0.15, 0.2) is 5.65 Å². The van der Waals surface area contributed by atoms with E-state index in [-0.39, 0.29) is 12.5 Å². The second-order valence-corrected chi connectivity index (χ2v) is 7.79. The Kier molecular flexibility index (Phi) is 6.22. The zero-order chi connectivity index (χ0) is 20.3. The predicted molar refractivity (Wildman–Crippen MR) is 97.9 cm³/mol. The molecule has 0 radical (unpaired) electrons. The van der Waals surface area contributed by atoms with Crippen molar-refractivity contribution in [1.29, 1.82) is 0 Å². The molecule has 3 rings (SSSR count). The Morgan fingerprint density at radius 3 is 2.64 bits per heavy atom. The fraction of sp³-hybridized carbons (Fsp3) is 0.632. The number of aromatic nitrogens is 3. The minimum atomic E-state index is -4.17. The lowest BCUT2D eigenvalue weighted by atomic mass is 9.98. The van der Waals surface area contributed by atoms with Crippen LogP contribution < -0.4 is 0 Å². The maximum atomic E-state index is 12.4. The second kappa shape index (κ2) is 8.46. The van der Waals surface area contributed by atoms with Gasteiger partial charge in [0.05, 0.1) is 24.9 Å². The van der Waals surface area contributed by atoms with E-state index in [1.165, 1.54) is 11.1 Å². The van der Waals surface area contributed by atoms with Gasteiger partial charge in [-0.15, -0.1) is 0 Å². The number of hydrogen-bond acceptors (Lipinski definition) is 5. The minimum absolute atomic E-state index is 0.0823. The molecule has 0 aliphatic carbocycles. The molecule has 0 spiro atoms. The van der Waals surface area contributed by atoms with Crippen LogP contribution in [0.2, 0.25) is 0 Å². The molecule has 9 heteroatoms. The third kappa shape index (κ3) is 5.43. The van der Waals surface area contributed by atoms with Crippen LogP contribution >= 0.6 is 0 Å². The van der Waals surface area contributed by atoms with Crippen LogP contribution in [0.1, 0.15) is 37.0 Å². The van der Waals surface area contributed by atoms with Crippen molar-refractivity contribution in [3.63, 3.8) is 0 Å². The first kappa shape index (κ1) is 20.6. The lowest BCUT2D eigenvalue weighted by Gasteiger charge is -2.31. The van der Waals surface area contributed by atoms with E-state index in [1.807, 2.05) is 4.68 Å². The van der Waals surface area contributed by atoms with Gasteiger partial charge in [-0.05, 0) is 43.8 Å². The van der Waals surface area contributed by atoms with E-state index < -0.39 is 18.7 Å². The Bertz CT molecular complexity index is 811. The molecule has 6 nitrogen and oxygen atoms in total. The number of likely N-dealkylation sites (tertiary alicyclic amines) is 1. The molecule has 1 fully saturated rings. The van der Waals surface area contributed by atoms with Gasteiger partial charge < -0.3 is 4.74 Å². The number of esters is 1. The van der Waals surface area contributed by atoms with Gasteiger partial charge in [0, 0.05) is 18.1 Å². The molecule has 1 aliphatic heterocycles. The molecular weight excluding hydrogens is 373 g/mol. The SMILES string of the molecule is CC(C)Cn1ncc2cc(C(=O)OCC3CCN(CC(F)(F)F)CC3)cnc21. The van der Waals surface area contributed by atoms with Gasteiger partial charge in [-0.1, -0.05) is 13.8 Å². The predicted octanol–water partition coefficient (Wildman–Crippen LogP) is 3.52. The molecule has 28 heavy (non-hydrogen) atoms. The summed E-state index contributed by atoms with van der Waals surface area (Å²) in [6.45, 7) is 4.99. The van der Waals surface area contributed by atoms with Gasteiger partial charge >= 0.3 is 12.1 Å². The Morgan fingerprint density at radius 1 is 1.29 bits per heavy atom. The van der Waals surface area contributed by atoms with E-state index >= 15 is 0 Å². The first-order valence-electron chi connectivity index (χ1n) is 9.49. The third-order valence-electron chi connectivity index (χ3n) is 4.81. The van der Waals surface area contributed by atoms with Gasteiger partial charge in [-0.3, -0.25) is 4.90 Å². The Labute approximate surface area is 161 Å². The van der Waals surface area contributed by atoms with Gasteiger partial charge in [0.1, 0.15) is 0 Å². The quantitative estimate of drug-likeness (QED) is 0.697. The number of fused-ring (bicyclic) bond motifs is 1. The van der Waals surface area contributed by atoms with Crippen LogP contribution in [0, 0.1) is 11.8 Å². The molecule has 0 bridgehead atoms. The standard InChI is InChI=1S/C19H25F3N4O2/c1-13(2)10-26-17-15(9-24-26)7-16(8-23-17)18(27)28-11-14-3-5-25(6-4-14)12-19(20,21)22/h7-9,13-14H,3-6,10-12H2,1-2H3. The largest absolute Gasteiger partial charge is 0.462 e. The molecule has 0 aromatic carbocycles. The van der Waals surface area contributed by atoms with E-state index in [2.05, 4.69) is 23.9 Å². The van der Waals surface area contributed by atoms with Gasteiger partial charge in [-0.2, -0.15) is 18.3 Å². The summed E-state index contributed by atoms with van der Waals surface area (Å²) in [5.41, 5.74) is 1.08. The summed E-state index contributed by atoms with van der Waals surface area (Å²) in [6, 6.07) is 1.71. The molecule has 154 valence electrons. The zero-order valence-corrected chi connectivity index (χ0v) is 16.1. The van der Waals surface area contributed by atoms with Gasteiger partial charge in [0.2, 0.25) is 0 Å². The topological polar surface area (TPSA) is 60.3 Å². The average Bonchev–Trinajstić information content (AvgIpc) is 3.01. The summed E-state index contributed by atoms with van der Waals surface area (Å²) < 4.78 is 44.5. The summed E-state index contributed by atoms with van der Waals surface area (Å²) in [5, 5.41) is 5.08. The van der Waals surface area contributed by atoms with Crippen molar-refractivity contribution in [2.75, 3.05) is 26.2 Å². The van der Waals surface area contributed by atoms with Crippen molar-refractivity contribution in [2.45, 2.75) is 39.4 Å². The van der Waals surface area contributed by atoms with E-state index in [0.29, 0.717) is 37.4 Å². The van der Waals surface area contributed by atoms with Crippen molar-refractivity contribution in [2.24, 2.45) is 11.8 Å². The van der Waals surface area contributed by atoms with E-state index in [9.17, 15) is 18.0 Å². The lowest BCUT2D eigenvalue weighted by molar-refractivity contribution is -0.148. The van der Waals surface area contributed by atoms with Gasteiger partial charge in [-0.25, -0.2) is 14.5 Å². The average molecular weight is 398 g/mol. The first-order valence-corrected chi connectivity index (χ1v) is 9.49. The van der Waals surface area contributed by atoms with Crippen molar-refractivity contribution in [3.8, 4) is 0 Å². The van der Waals surface area contributed by atoms with Crippen molar-refractivity contribution < 1.29 is 22.7 Å². The molecule has 0 amide bonds. The fourth-order valence-corrected chi connectivity index (χ4v) is 3.40. The smallest absolute Gasteiger partial charge is 0.401 e. The van der Waals surface area contributed by atoms with Crippen LogP contribution in [0.4, 0.5) is 13.2 Å². The number of hydrogen-bond donors (Lipinski definition) is 0. The van der Waals surface area contributed by atoms with Crippen LogP contribution in [0.5, 0.6) is 0 Å². The number of nitrogens with zero attached hydrogens (tertiary/aromatic N) is 4. The monoisotopic (exact) mass is 398 g/mol. The number of carbonyl (C=O) groups excluding carboxylic acids is 1. The number of carbonyl (C=O) groups is 1. The summed E-state index contributed by atoms with van der Waals surface area (Å²) >= 11 is 0. The van der Waals surface area contributed by atoms with Crippen LogP contribution in [-0.4, -0.2) is 58.1 Å². The van der Waals surface area contributed by atoms with E-state index in [4.69, 9.17) is 4.74 Å². The maximum Gasteiger partial charge on any atom is 0.401 e. The third-order valence-corrected chi connectivity index (χ3v) is 4.81. The zero-order valence-electron chi connectivity index (χ0n) is 16.1. The van der Waals surface area contributed by atoms with Gasteiger partial charge in [0.25, 0.3) is 0 Å². The molecule has 0 saturated carbocycles. The highest BCUT2D eigenvalue weighted by atomic mass is 19.4. The molecule has 3 heterocycles. The number of rotatable bonds is 6. The lowest BCUT2D eigenvalue weighted by Crippen LogP contribution is -2.40. The van der Waals surface area contributed by atoms with Crippen LogP contribution in [-0.2, 0) is 11.3 Å². The minimum Gasteiger partial charge on any atom is -0.462 e. The molecule has 0 atom stereocenters. The van der Waals surface area contributed by atoms with Crippen molar-refractivity contribution in [3.05, 3.63) is 24.0 Å². The molecule has 1 aliphatic rings. The molecule has 2 aromatic heterocycles. The molecular formula is C19H25F3N4O2. The Hall–Kier alpha value is -2.16. The number of halogens is 3. The highest BCUT2D eigenvalue weighted by Gasteiger charge is 2.32. The highest BCUT2D eigenvalue weighted by molar-refractivity contribution is 5.92. The second-order valence-electron chi connectivity index (χ2n) is 7.79. The summed E-state index contributed by atoms with van der Waals surface area (Å²) in [7, 11) is 0.